The molecule has 1 radical (unpaired) electrons. The topological polar surface area (TPSA) is 26.0 Å². The molecule has 0 rings (SSSR count). The predicted octanol–water partition coefficient (Wildman–Crippen LogP) is -0.696. The predicted molar refractivity (Wildman–Crippen MR) is 25.5 cm³/mol. The van der Waals surface area contributed by atoms with E-state index in [-0.39, 0.29) is 6.04 Å². The van der Waals surface area contributed by atoms with Gasteiger partial charge in [-0.1, -0.05) is 0 Å². The van der Waals surface area contributed by atoms with Crippen LogP contribution in [0.5, 0.6) is 0 Å². The van der Waals surface area contributed by atoms with Crippen molar-refractivity contribution in [2.45, 2.75) is 13.0 Å². The van der Waals surface area contributed by atoms with E-state index in [9.17, 15) is 0 Å². The Labute approximate surface area is 33.2 Å². The quantitative estimate of drug-likeness (QED) is 0.404. The molecule has 0 aliphatic heterocycles. The van der Waals surface area contributed by atoms with Crippen molar-refractivity contribution in [3.63, 3.8) is 0 Å². The van der Waals surface area contributed by atoms with Gasteiger partial charge in [0.2, 0.25) is 0 Å². The zero-order chi connectivity index (χ0) is 4.28. The second kappa shape index (κ2) is 2.15. The van der Waals surface area contributed by atoms with Crippen molar-refractivity contribution >= 4 is 13.5 Å². The summed E-state index contributed by atoms with van der Waals surface area (Å²) in [4.78, 5) is 0. The maximum absolute atomic E-state index is 5.11. The zero-order valence-electron chi connectivity index (χ0n) is 3.31. The Hall–Kier alpha value is -0.105. The number of rotatable bonds is 1. The fourth-order valence-electron chi connectivity index (χ4n) is 0. The fraction of sp³-hybridized carbons (Fsp3) is 0.667. The standard InChI is InChI=1S/C3H7BN/c1-3(5)2-4/h2-3H,5H2,1H3. The summed E-state index contributed by atoms with van der Waals surface area (Å²) in [5, 5.41) is 0. The van der Waals surface area contributed by atoms with Gasteiger partial charge in [0.25, 0.3) is 0 Å². The molecule has 2 N–H and O–H groups in total. The zero-order valence-corrected chi connectivity index (χ0v) is 3.31. The average molecular weight is 67.9 g/mol. The molecule has 0 amide bonds. The van der Waals surface area contributed by atoms with Crippen LogP contribution in [0.2, 0.25) is 0 Å². The van der Waals surface area contributed by atoms with Crippen molar-refractivity contribution in [3.8, 4) is 0 Å². The van der Waals surface area contributed by atoms with Gasteiger partial charge >= 0.3 is 32.2 Å². The summed E-state index contributed by atoms with van der Waals surface area (Å²) in [6, 6.07) is 0.0370. The van der Waals surface area contributed by atoms with Gasteiger partial charge in [-0.3, -0.25) is 0 Å². The second-order valence-corrected chi connectivity index (χ2v) is 1.05. The van der Waals surface area contributed by atoms with Gasteiger partial charge in [0.05, 0.1) is 0 Å². The number of hydrogen-bond donors (Lipinski definition) is 1. The van der Waals surface area contributed by atoms with Gasteiger partial charge in [-0.25, -0.2) is 0 Å². The van der Waals surface area contributed by atoms with Crippen LogP contribution in [0.25, 0.3) is 0 Å². The van der Waals surface area contributed by atoms with E-state index in [1.807, 2.05) is 6.92 Å². The number of nitrogens with two attached hydrogens (primary N) is 1. The van der Waals surface area contributed by atoms with Gasteiger partial charge in [-0.05, 0) is 0 Å². The number of hydrogen-bond acceptors (Lipinski definition) is 1. The summed E-state index contributed by atoms with van der Waals surface area (Å²) in [5.74, 6) is 1.44. The molecule has 0 aromatic heterocycles. The van der Waals surface area contributed by atoms with Crippen molar-refractivity contribution in [2.75, 3.05) is 0 Å². The first-order valence-corrected chi connectivity index (χ1v) is 1.58. The van der Waals surface area contributed by atoms with E-state index in [0.717, 1.165) is 0 Å². The van der Waals surface area contributed by atoms with Crippen molar-refractivity contribution in [1.82, 2.24) is 0 Å². The minimum absolute atomic E-state index is 0.0370. The molecule has 0 spiro atoms. The van der Waals surface area contributed by atoms with Crippen molar-refractivity contribution in [2.24, 2.45) is 5.73 Å². The minimum atomic E-state index is 0.0370. The molecule has 5 heavy (non-hydrogen) atoms. The molecule has 0 fully saturated rings. The Morgan fingerprint density at radius 3 is 2.20 bits per heavy atom. The summed E-state index contributed by atoms with van der Waals surface area (Å²) < 4.78 is 0. The summed E-state index contributed by atoms with van der Waals surface area (Å²) in [6.45, 7) is 1.82. The molecule has 0 aromatic carbocycles. The Bertz CT molecular complexity index is 33.9. The molecule has 0 aliphatic rings. The average Bonchev–Trinajstić information content (AvgIpc) is 1.38. The maximum atomic E-state index is 5.11. The summed E-state index contributed by atoms with van der Waals surface area (Å²) in [5.41, 5.74) is 5.11. The van der Waals surface area contributed by atoms with E-state index in [4.69, 9.17) is 13.2 Å². The van der Waals surface area contributed by atoms with Crippen LogP contribution in [0.4, 0.5) is 0 Å². The van der Waals surface area contributed by atoms with Crippen LogP contribution in [-0.2, 0) is 0 Å². The van der Waals surface area contributed by atoms with E-state index < -0.39 is 0 Å². The third kappa shape index (κ3) is 3.89. The van der Waals surface area contributed by atoms with Gasteiger partial charge in [-0.15, -0.1) is 0 Å². The molecule has 0 aromatic rings. The molecule has 0 saturated carbocycles. The summed E-state index contributed by atoms with van der Waals surface area (Å²) in [6.07, 6.45) is 0. The SMILES string of the molecule is [B]=CC(C)N. The molecule has 1 unspecified atom stereocenters. The van der Waals surface area contributed by atoms with Crippen molar-refractivity contribution in [3.05, 3.63) is 0 Å². The van der Waals surface area contributed by atoms with E-state index in [1.54, 1.807) is 0 Å². The van der Waals surface area contributed by atoms with E-state index in [2.05, 4.69) is 0 Å². The summed E-state index contributed by atoms with van der Waals surface area (Å²) >= 11 is 0. The molecule has 27 valence electrons. The monoisotopic (exact) mass is 68.1 g/mol. The van der Waals surface area contributed by atoms with Gasteiger partial charge in [0.15, 0.2) is 0 Å². The van der Waals surface area contributed by atoms with Crippen LogP contribution in [0.3, 0.4) is 0 Å². The molecular weight excluding hydrogens is 60.9 g/mol. The normalized spacial score (nSPS) is 13.8. The second-order valence-electron chi connectivity index (χ2n) is 1.05. The first kappa shape index (κ1) is 4.89. The van der Waals surface area contributed by atoms with E-state index >= 15 is 0 Å². The summed E-state index contributed by atoms with van der Waals surface area (Å²) in [7, 11) is 4.92. The fourth-order valence-corrected chi connectivity index (χ4v) is 0. The first-order chi connectivity index (χ1) is 2.27. The van der Waals surface area contributed by atoms with Crippen LogP contribution >= 0.6 is 0 Å². The Balaban J connectivity index is 2.83. The van der Waals surface area contributed by atoms with E-state index in [1.165, 1.54) is 5.97 Å². The molecule has 0 aliphatic carbocycles. The Morgan fingerprint density at radius 1 is 2.00 bits per heavy atom. The molecule has 0 heterocycles. The van der Waals surface area contributed by atoms with Gasteiger partial charge in [-0.2, -0.15) is 0 Å². The molecule has 1 atom stereocenters. The van der Waals surface area contributed by atoms with Crippen molar-refractivity contribution < 1.29 is 0 Å². The third-order valence-electron chi connectivity index (χ3n) is 0.304. The Morgan fingerprint density at radius 2 is 2.20 bits per heavy atom. The van der Waals surface area contributed by atoms with E-state index in [0.29, 0.717) is 0 Å². The van der Waals surface area contributed by atoms with Gasteiger partial charge in [0.1, 0.15) is 0 Å². The van der Waals surface area contributed by atoms with Crippen LogP contribution < -0.4 is 5.73 Å². The third-order valence-corrected chi connectivity index (χ3v) is 0.304. The molecular formula is C3H7BN. The van der Waals surface area contributed by atoms with Crippen molar-refractivity contribution in [1.29, 1.82) is 0 Å². The molecule has 0 saturated heterocycles. The molecule has 2 heteroatoms. The van der Waals surface area contributed by atoms with Crippen LogP contribution in [0.1, 0.15) is 6.92 Å². The van der Waals surface area contributed by atoms with Gasteiger partial charge in [0, 0.05) is 0 Å². The van der Waals surface area contributed by atoms with Crippen LogP contribution in [0, 0.1) is 0 Å². The van der Waals surface area contributed by atoms with Crippen LogP contribution in [-0.4, -0.2) is 19.5 Å². The molecule has 0 bridgehead atoms. The first-order valence-electron chi connectivity index (χ1n) is 1.58. The molecule has 1 nitrogen and oxygen atoms in total. The van der Waals surface area contributed by atoms with Crippen LogP contribution in [0.15, 0.2) is 0 Å². The Kier molecular flexibility index (Phi) is 2.11. The van der Waals surface area contributed by atoms with Gasteiger partial charge < -0.3 is 0 Å².